The van der Waals surface area contributed by atoms with Gasteiger partial charge in [-0.3, -0.25) is 25.0 Å². The molecule has 0 saturated heterocycles. The van der Waals surface area contributed by atoms with Gasteiger partial charge in [0.05, 0.1) is 15.9 Å². The zero-order valence-electron chi connectivity index (χ0n) is 15.2. The van der Waals surface area contributed by atoms with Gasteiger partial charge in [0.15, 0.2) is 11.5 Å². The van der Waals surface area contributed by atoms with Crippen LogP contribution in [-0.4, -0.2) is 39.6 Å². The van der Waals surface area contributed by atoms with Gasteiger partial charge in [0.1, 0.15) is 24.6 Å². The van der Waals surface area contributed by atoms with Crippen molar-refractivity contribution >= 4 is 17.2 Å². The second-order valence-electron chi connectivity index (χ2n) is 6.28. The molecule has 10 heteroatoms. The van der Waals surface area contributed by atoms with E-state index in [0.717, 1.165) is 18.2 Å². The molecule has 2 rings (SSSR count). The van der Waals surface area contributed by atoms with Crippen LogP contribution >= 0.6 is 0 Å². The molecule has 0 spiro atoms. The number of non-ortho nitro benzene ring substituents is 1. The van der Waals surface area contributed by atoms with Gasteiger partial charge >= 0.3 is 5.69 Å². The standard InChI is InChI=1S/C18H18N2O8/c1-18(2,22)17(21)12-3-6-14(7-4-12)27-9-10-28-16-8-5-13(19(23)24)11-15(16)20(25)26/h3-8,11,22H,9-10H2,1-2H3. The highest BCUT2D eigenvalue weighted by Crippen LogP contribution is 2.30. The van der Waals surface area contributed by atoms with Crippen molar-refractivity contribution in [1.29, 1.82) is 0 Å². The van der Waals surface area contributed by atoms with Crippen LogP contribution < -0.4 is 9.47 Å². The second-order valence-corrected chi connectivity index (χ2v) is 6.28. The van der Waals surface area contributed by atoms with Gasteiger partial charge in [0.25, 0.3) is 5.69 Å². The Hall–Kier alpha value is -3.53. The van der Waals surface area contributed by atoms with E-state index >= 15 is 0 Å². The molecular weight excluding hydrogens is 372 g/mol. The van der Waals surface area contributed by atoms with Gasteiger partial charge in [0, 0.05) is 11.6 Å². The van der Waals surface area contributed by atoms with Crippen LogP contribution in [0.5, 0.6) is 11.5 Å². The third-order valence-corrected chi connectivity index (χ3v) is 3.63. The van der Waals surface area contributed by atoms with Gasteiger partial charge in [0.2, 0.25) is 0 Å². The van der Waals surface area contributed by atoms with Crippen LogP contribution in [0.4, 0.5) is 11.4 Å². The number of hydrogen-bond acceptors (Lipinski definition) is 8. The van der Waals surface area contributed by atoms with Crippen molar-refractivity contribution in [1.82, 2.24) is 0 Å². The highest BCUT2D eigenvalue weighted by atomic mass is 16.6. The first-order valence-corrected chi connectivity index (χ1v) is 8.15. The molecule has 148 valence electrons. The van der Waals surface area contributed by atoms with Crippen molar-refractivity contribution in [3.63, 3.8) is 0 Å². The number of hydrogen-bond donors (Lipinski definition) is 1. The average molecular weight is 390 g/mol. The Morgan fingerprint density at radius 1 is 1.00 bits per heavy atom. The molecule has 0 unspecified atom stereocenters. The molecule has 2 aromatic rings. The molecule has 0 aromatic heterocycles. The number of rotatable bonds is 9. The molecule has 0 aliphatic rings. The number of nitro groups is 2. The third kappa shape index (κ3) is 5.24. The smallest absolute Gasteiger partial charge is 0.317 e. The summed E-state index contributed by atoms with van der Waals surface area (Å²) in [6.45, 7) is 2.80. The van der Waals surface area contributed by atoms with Gasteiger partial charge in [-0.2, -0.15) is 0 Å². The van der Waals surface area contributed by atoms with Gasteiger partial charge in [-0.05, 0) is 44.2 Å². The van der Waals surface area contributed by atoms with Crippen molar-refractivity contribution in [2.24, 2.45) is 0 Å². The van der Waals surface area contributed by atoms with Crippen LogP contribution in [0.15, 0.2) is 42.5 Å². The summed E-state index contributed by atoms with van der Waals surface area (Å²) >= 11 is 0. The lowest BCUT2D eigenvalue weighted by Crippen LogP contribution is -2.30. The normalized spacial score (nSPS) is 11.0. The number of nitrogens with zero attached hydrogens (tertiary/aromatic N) is 2. The summed E-state index contributed by atoms with van der Waals surface area (Å²) in [7, 11) is 0. The monoisotopic (exact) mass is 390 g/mol. The van der Waals surface area contributed by atoms with Crippen LogP contribution in [0.25, 0.3) is 0 Å². The minimum Gasteiger partial charge on any atom is -0.490 e. The quantitative estimate of drug-likeness (QED) is 0.298. The van der Waals surface area contributed by atoms with Crippen LogP contribution in [0.1, 0.15) is 24.2 Å². The predicted molar refractivity (Wildman–Crippen MR) is 97.8 cm³/mol. The van der Waals surface area contributed by atoms with Crippen molar-refractivity contribution in [2.75, 3.05) is 13.2 Å². The summed E-state index contributed by atoms with van der Waals surface area (Å²) in [5.41, 5.74) is -2.06. The van der Waals surface area contributed by atoms with Crippen molar-refractivity contribution in [3.8, 4) is 11.5 Å². The van der Waals surface area contributed by atoms with Gasteiger partial charge in [-0.15, -0.1) is 0 Å². The van der Waals surface area contributed by atoms with Gasteiger partial charge in [-0.1, -0.05) is 0 Å². The summed E-state index contributed by atoms with van der Waals surface area (Å²) in [5, 5.41) is 31.5. The van der Waals surface area contributed by atoms with E-state index < -0.39 is 32.6 Å². The maximum absolute atomic E-state index is 11.9. The first kappa shape index (κ1) is 20.8. The molecule has 0 saturated carbocycles. The first-order chi connectivity index (χ1) is 13.1. The number of Topliss-reactive ketones (excluding diaryl/α,β-unsaturated/α-hetero) is 1. The van der Waals surface area contributed by atoms with E-state index in [1.54, 1.807) is 12.1 Å². The molecule has 10 nitrogen and oxygen atoms in total. The van der Waals surface area contributed by atoms with Crippen LogP contribution in [0, 0.1) is 20.2 Å². The Morgan fingerprint density at radius 2 is 1.61 bits per heavy atom. The lowest BCUT2D eigenvalue weighted by Gasteiger charge is -2.15. The number of carbonyl (C=O) groups is 1. The van der Waals surface area contributed by atoms with E-state index in [2.05, 4.69) is 0 Å². The number of nitro benzene ring substituents is 2. The fourth-order valence-electron chi connectivity index (χ4n) is 2.25. The summed E-state index contributed by atoms with van der Waals surface area (Å²) in [6.07, 6.45) is 0. The zero-order chi connectivity index (χ0) is 20.9. The number of ketones is 1. The fourth-order valence-corrected chi connectivity index (χ4v) is 2.25. The molecule has 0 amide bonds. The maximum Gasteiger partial charge on any atom is 0.317 e. The fraction of sp³-hybridized carbons (Fsp3) is 0.278. The van der Waals surface area contributed by atoms with E-state index in [1.807, 2.05) is 0 Å². The van der Waals surface area contributed by atoms with Crippen LogP contribution in [0.2, 0.25) is 0 Å². The number of ether oxygens (including phenoxy) is 2. The maximum atomic E-state index is 11.9. The summed E-state index contributed by atoms with van der Waals surface area (Å²) in [6, 6.07) is 9.22. The molecule has 0 fully saturated rings. The third-order valence-electron chi connectivity index (χ3n) is 3.63. The van der Waals surface area contributed by atoms with Crippen molar-refractivity contribution < 1.29 is 29.2 Å². The molecule has 0 aliphatic heterocycles. The van der Waals surface area contributed by atoms with E-state index in [9.17, 15) is 30.1 Å². The molecule has 0 radical (unpaired) electrons. The Kier molecular flexibility index (Phi) is 6.26. The first-order valence-electron chi connectivity index (χ1n) is 8.15. The van der Waals surface area contributed by atoms with Crippen molar-refractivity contribution in [3.05, 3.63) is 68.3 Å². The van der Waals surface area contributed by atoms with Gasteiger partial charge < -0.3 is 14.6 Å². The minimum absolute atomic E-state index is 0.0387. The molecule has 1 N–H and O–H groups in total. The Balaban J connectivity index is 1.93. The molecule has 28 heavy (non-hydrogen) atoms. The summed E-state index contributed by atoms with van der Waals surface area (Å²) in [5.74, 6) is -0.0905. The molecule has 0 atom stereocenters. The number of benzene rings is 2. The molecule has 0 aliphatic carbocycles. The van der Waals surface area contributed by atoms with E-state index in [-0.39, 0.29) is 19.0 Å². The largest absolute Gasteiger partial charge is 0.490 e. The predicted octanol–water partition coefficient (Wildman–Crippen LogP) is 2.91. The van der Waals surface area contributed by atoms with E-state index in [4.69, 9.17) is 9.47 Å². The van der Waals surface area contributed by atoms with E-state index in [1.165, 1.54) is 26.0 Å². The minimum atomic E-state index is -1.48. The summed E-state index contributed by atoms with van der Waals surface area (Å²) in [4.78, 5) is 32.2. The van der Waals surface area contributed by atoms with Gasteiger partial charge in [-0.25, -0.2) is 0 Å². The van der Waals surface area contributed by atoms with E-state index in [0.29, 0.717) is 11.3 Å². The number of carbonyl (C=O) groups excluding carboxylic acids is 1. The van der Waals surface area contributed by atoms with Crippen LogP contribution in [0.3, 0.4) is 0 Å². The highest BCUT2D eigenvalue weighted by Gasteiger charge is 2.25. The SMILES string of the molecule is CC(C)(O)C(=O)c1ccc(OCCOc2ccc([N+](=O)[O-])cc2[N+](=O)[O-])cc1. The zero-order valence-corrected chi connectivity index (χ0v) is 15.2. The molecule has 0 bridgehead atoms. The average Bonchev–Trinajstić information content (AvgIpc) is 2.64. The summed E-state index contributed by atoms with van der Waals surface area (Å²) < 4.78 is 10.7. The topological polar surface area (TPSA) is 142 Å². The molecule has 2 aromatic carbocycles. The Labute approximate surface area is 159 Å². The Morgan fingerprint density at radius 3 is 2.14 bits per heavy atom. The number of aliphatic hydroxyl groups is 1. The second kappa shape index (κ2) is 8.44. The van der Waals surface area contributed by atoms with Crippen LogP contribution in [-0.2, 0) is 0 Å². The molecule has 0 heterocycles. The lowest BCUT2D eigenvalue weighted by molar-refractivity contribution is -0.394. The Bertz CT molecular complexity index is 887. The highest BCUT2D eigenvalue weighted by molar-refractivity contribution is 6.01. The lowest BCUT2D eigenvalue weighted by atomic mass is 9.97. The molecular formula is C18H18N2O8. The van der Waals surface area contributed by atoms with Crippen molar-refractivity contribution in [2.45, 2.75) is 19.4 Å².